The zero-order valence-corrected chi connectivity index (χ0v) is 14.1. The summed E-state index contributed by atoms with van der Waals surface area (Å²) in [6, 6.07) is 6.81. The third kappa shape index (κ3) is 4.96. The minimum atomic E-state index is -0.897. The molecule has 3 N–H and O–H groups in total. The van der Waals surface area contributed by atoms with Crippen LogP contribution < -0.4 is 10.6 Å². The molecule has 6 nitrogen and oxygen atoms in total. The molecule has 24 heavy (non-hydrogen) atoms. The van der Waals surface area contributed by atoms with Gasteiger partial charge in [0, 0.05) is 30.1 Å². The summed E-state index contributed by atoms with van der Waals surface area (Å²) in [4.78, 5) is 34.8. The lowest BCUT2D eigenvalue weighted by Crippen LogP contribution is -2.42. The Hall–Kier alpha value is -2.08. The number of anilines is 1. The highest BCUT2D eigenvalue weighted by Crippen LogP contribution is 2.44. The van der Waals surface area contributed by atoms with Gasteiger partial charge in [-0.15, -0.1) is 0 Å². The standard InChI is InChI=1S/C17H21ClN2O4/c18-12-4-6-13(7-5-12)20-14(21)3-1-10-19-15(22)11-17(16(23)24)8-2-9-17/h4-7H,1-3,8-11H2,(H,19,22)(H,20,21)(H,23,24). The third-order valence-electron chi connectivity index (χ3n) is 4.29. The second kappa shape index (κ2) is 8.15. The summed E-state index contributed by atoms with van der Waals surface area (Å²) in [5.41, 5.74) is -0.211. The fraction of sp³-hybridized carbons (Fsp3) is 0.471. The Bertz CT molecular complexity index is 612. The van der Waals surface area contributed by atoms with E-state index in [0.717, 1.165) is 6.42 Å². The van der Waals surface area contributed by atoms with E-state index in [1.165, 1.54) is 0 Å². The Kier molecular flexibility index (Phi) is 6.20. The number of halogens is 1. The normalized spacial score (nSPS) is 15.2. The van der Waals surface area contributed by atoms with Gasteiger partial charge < -0.3 is 15.7 Å². The van der Waals surface area contributed by atoms with E-state index in [1.807, 2.05) is 0 Å². The molecule has 2 amide bonds. The molecular formula is C17H21ClN2O4. The maximum atomic E-state index is 11.8. The Morgan fingerprint density at radius 2 is 1.79 bits per heavy atom. The lowest BCUT2D eigenvalue weighted by Gasteiger charge is -2.36. The van der Waals surface area contributed by atoms with Crippen molar-refractivity contribution in [2.45, 2.75) is 38.5 Å². The first-order chi connectivity index (χ1) is 11.4. The molecule has 2 rings (SSSR count). The molecule has 1 aromatic rings. The van der Waals surface area contributed by atoms with Crippen molar-refractivity contribution >= 4 is 35.1 Å². The van der Waals surface area contributed by atoms with Crippen molar-refractivity contribution < 1.29 is 19.5 Å². The lowest BCUT2D eigenvalue weighted by atomic mass is 9.66. The zero-order chi connectivity index (χ0) is 17.6. The summed E-state index contributed by atoms with van der Waals surface area (Å²) in [6.45, 7) is 0.350. The molecule has 1 aliphatic carbocycles. The van der Waals surface area contributed by atoms with Crippen molar-refractivity contribution in [1.29, 1.82) is 0 Å². The van der Waals surface area contributed by atoms with Gasteiger partial charge in [0.25, 0.3) is 0 Å². The van der Waals surface area contributed by atoms with E-state index in [0.29, 0.717) is 36.5 Å². The van der Waals surface area contributed by atoms with Gasteiger partial charge in [0.1, 0.15) is 0 Å². The van der Waals surface area contributed by atoms with Gasteiger partial charge in [-0.2, -0.15) is 0 Å². The number of carbonyl (C=O) groups is 3. The molecule has 130 valence electrons. The zero-order valence-electron chi connectivity index (χ0n) is 13.3. The molecule has 0 heterocycles. The number of benzene rings is 1. The molecule has 0 aromatic heterocycles. The van der Waals surface area contributed by atoms with Crippen LogP contribution in [-0.4, -0.2) is 29.4 Å². The van der Waals surface area contributed by atoms with Gasteiger partial charge in [0.2, 0.25) is 11.8 Å². The molecule has 1 aliphatic rings. The van der Waals surface area contributed by atoms with Gasteiger partial charge in [-0.3, -0.25) is 14.4 Å². The van der Waals surface area contributed by atoms with Crippen molar-refractivity contribution in [2.24, 2.45) is 5.41 Å². The molecule has 0 bridgehead atoms. The fourth-order valence-electron chi connectivity index (χ4n) is 2.67. The van der Waals surface area contributed by atoms with Gasteiger partial charge >= 0.3 is 5.97 Å². The highest BCUT2D eigenvalue weighted by molar-refractivity contribution is 6.30. The van der Waals surface area contributed by atoms with Crippen LogP contribution in [0.2, 0.25) is 5.02 Å². The van der Waals surface area contributed by atoms with Crippen molar-refractivity contribution in [3.05, 3.63) is 29.3 Å². The molecule has 0 aliphatic heterocycles. The summed E-state index contributed by atoms with van der Waals surface area (Å²) in [7, 11) is 0. The second-order valence-electron chi connectivity index (χ2n) is 6.12. The smallest absolute Gasteiger partial charge is 0.310 e. The first-order valence-electron chi connectivity index (χ1n) is 7.97. The van der Waals surface area contributed by atoms with Crippen LogP contribution in [0.4, 0.5) is 5.69 Å². The number of hydrogen-bond donors (Lipinski definition) is 3. The van der Waals surface area contributed by atoms with Crippen LogP contribution in [0.1, 0.15) is 38.5 Å². The minimum Gasteiger partial charge on any atom is -0.481 e. The molecule has 1 fully saturated rings. The first-order valence-corrected chi connectivity index (χ1v) is 8.35. The predicted molar refractivity (Wildman–Crippen MR) is 90.9 cm³/mol. The number of nitrogens with one attached hydrogen (secondary N) is 2. The number of carboxylic acids is 1. The van der Waals surface area contributed by atoms with Crippen molar-refractivity contribution in [3.8, 4) is 0 Å². The van der Waals surface area contributed by atoms with Gasteiger partial charge in [-0.1, -0.05) is 18.0 Å². The van der Waals surface area contributed by atoms with E-state index < -0.39 is 11.4 Å². The molecule has 0 spiro atoms. The Labute approximate surface area is 145 Å². The highest BCUT2D eigenvalue weighted by Gasteiger charge is 2.45. The summed E-state index contributed by atoms with van der Waals surface area (Å²) in [5, 5.41) is 15.2. The maximum Gasteiger partial charge on any atom is 0.310 e. The Morgan fingerprint density at radius 1 is 1.12 bits per heavy atom. The van der Waals surface area contributed by atoms with Crippen LogP contribution in [0, 0.1) is 5.41 Å². The fourth-order valence-corrected chi connectivity index (χ4v) is 2.80. The van der Waals surface area contributed by atoms with E-state index in [4.69, 9.17) is 11.6 Å². The Morgan fingerprint density at radius 3 is 2.33 bits per heavy atom. The number of hydrogen-bond acceptors (Lipinski definition) is 3. The van der Waals surface area contributed by atoms with E-state index in [9.17, 15) is 19.5 Å². The number of aliphatic carboxylic acids is 1. The molecule has 1 saturated carbocycles. The predicted octanol–water partition coefficient (Wildman–Crippen LogP) is 2.82. The van der Waals surface area contributed by atoms with Gasteiger partial charge in [0.15, 0.2) is 0 Å². The monoisotopic (exact) mass is 352 g/mol. The third-order valence-corrected chi connectivity index (χ3v) is 4.55. The van der Waals surface area contributed by atoms with E-state index in [1.54, 1.807) is 24.3 Å². The molecule has 0 atom stereocenters. The molecule has 0 saturated heterocycles. The number of carbonyl (C=O) groups excluding carboxylic acids is 2. The quantitative estimate of drug-likeness (QED) is 0.627. The van der Waals surface area contributed by atoms with Crippen LogP contribution in [0.5, 0.6) is 0 Å². The first kappa shape index (κ1) is 18.3. The van der Waals surface area contributed by atoms with Crippen LogP contribution >= 0.6 is 11.6 Å². The van der Waals surface area contributed by atoms with Gasteiger partial charge in [-0.05, 0) is 43.5 Å². The van der Waals surface area contributed by atoms with Crippen LogP contribution in [0.3, 0.4) is 0 Å². The average Bonchev–Trinajstić information content (AvgIpc) is 2.49. The van der Waals surface area contributed by atoms with E-state index in [2.05, 4.69) is 10.6 Å². The van der Waals surface area contributed by atoms with Gasteiger partial charge in [-0.25, -0.2) is 0 Å². The molecular weight excluding hydrogens is 332 g/mol. The molecule has 1 aromatic carbocycles. The van der Waals surface area contributed by atoms with Crippen LogP contribution in [0.25, 0.3) is 0 Å². The SMILES string of the molecule is O=C(CC1(C(=O)O)CCC1)NCCCC(=O)Nc1ccc(Cl)cc1. The minimum absolute atomic E-state index is 0.0132. The molecule has 7 heteroatoms. The van der Waals surface area contributed by atoms with Crippen molar-refractivity contribution in [1.82, 2.24) is 5.32 Å². The van der Waals surface area contributed by atoms with Crippen molar-refractivity contribution in [3.63, 3.8) is 0 Å². The topological polar surface area (TPSA) is 95.5 Å². The van der Waals surface area contributed by atoms with Crippen LogP contribution in [-0.2, 0) is 14.4 Å². The Balaban J connectivity index is 1.63. The average molecular weight is 353 g/mol. The summed E-state index contributed by atoms with van der Waals surface area (Å²) in [6.07, 6.45) is 2.74. The van der Waals surface area contributed by atoms with E-state index >= 15 is 0 Å². The molecule has 0 unspecified atom stereocenters. The van der Waals surface area contributed by atoms with Crippen LogP contribution in [0.15, 0.2) is 24.3 Å². The largest absolute Gasteiger partial charge is 0.481 e. The maximum absolute atomic E-state index is 11.8. The number of rotatable bonds is 8. The van der Waals surface area contributed by atoms with Crippen molar-refractivity contribution in [2.75, 3.05) is 11.9 Å². The summed E-state index contributed by atoms with van der Waals surface area (Å²) < 4.78 is 0. The second-order valence-corrected chi connectivity index (χ2v) is 6.56. The number of amides is 2. The lowest BCUT2D eigenvalue weighted by molar-refractivity contribution is -0.157. The summed E-state index contributed by atoms with van der Waals surface area (Å²) in [5.74, 6) is -1.31. The van der Waals surface area contributed by atoms with Gasteiger partial charge in [0.05, 0.1) is 5.41 Å². The van der Waals surface area contributed by atoms with E-state index in [-0.39, 0.29) is 24.7 Å². The highest BCUT2D eigenvalue weighted by atomic mass is 35.5. The number of carboxylic acid groups (broad SMARTS) is 1. The molecule has 0 radical (unpaired) electrons. The summed E-state index contributed by atoms with van der Waals surface area (Å²) >= 11 is 5.77.